The summed E-state index contributed by atoms with van der Waals surface area (Å²) in [5, 5.41) is 7.97. The lowest BCUT2D eigenvalue weighted by Crippen LogP contribution is -2.19. The first-order valence-electron chi connectivity index (χ1n) is 6.58. The Hall–Kier alpha value is -1.46. The summed E-state index contributed by atoms with van der Waals surface area (Å²) in [6.45, 7) is 6.07. The monoisotopic (exact) mass is 296 g/mol. The van der Waals surface area contributed by atoms with Gasteiger partial charge in [0.2, 0.25) is 0 Å². The van der Waals surface area contributed by atoms with E-state index in [9.17, 15) is 4.39 Å². The summed E-state index contributed by atoms with van der Waals surface area (Å²) in [5.74, 6) is 0.944. The highest BCUT2D eigenvalue weighted by Gasteiger charge is 2.09. The summed E-state index contributed by atoms with van der Waals surface area (Å²) in [6, 6.07) is 4.65. The molecular weight excluding hydrogens is 279 g/mol. The molecule has 0 aliphatic carbocycles. The predicted octanol–water partition coefficient (Wildman–Crippen LogP) is 2.86. The van der Waals surface area contributed by atoms with Crippen LogP contribution in [0.25, 0.3) is 0 Å². The van der Waals surface area contributed by atoms with Crippen LogP contribution in [0.1, 0.15) is 25.2 Å². The number of nitrogens with zero attached hydrogens (tertiary/aromatic N) is 3. The molecule has 0 saturated carbocycles. The quantitative estimate of drug-likeness (QED) is 0.891. The zero-order valence-corrected chi connectivity index (χ0v) is 12.4. The van der Waals surface area contributed by atoms with E-state index in [1.54, 1.807) is 23.1 Å². The Morgan fingerprint density at radius 2 is 2.20 bits per heavy atom. The minimum atomic E-state index is -0.326. The number of rotatable bonds is 6. The molecule has 1 N–H and O–H groups in total. The smallest absolute Gasteiger partial charge is 0.164 e. The molecule has 0 amide bonds. The minimum absolute atomic E-state index is 0.280. The van der Waals surface area contributed by atoms with Gasteiger partial charge in [-0.1, -0.05) is 31.5 Å². The Bertz CT molecular complexity index is 548. The Kier molecular flexibility index (Phi) is 5.09. The van der Waals surface area contributed by atoms with Gasteiger partial charge in [0.05, 0.1) is 13.1 Å². The molecule has 0 radical (unpaired) electrons. The molecule has 6 heteroatoms. The van der Waals surface area contributed by atoms with Crippen LogP contribution < -0.4 is 5.32 Å². The van der Waals surface area contributed by atoms with Crippen molar-refractivity contribution in [3.63, 3.8) is 0 Å². The van der Waals surface area contributed by atoms with Gasteiger partial charge in [0.1, 0.15) is 12.1 Å². The number of hydrogen-bond donors (Lipinski definition) is 1. The number of hydrogen-bond acceptors (Lipinski definition) is 3. The van der Waals surface area contributed by atoms with Gasteiger partial charge in [-0.05, 0) is 24.6 Å². The number of aromatic nitrogens is 3. The predicted molar refractivity (Wildman–Crippen MR) is 77.1 cm³/mol. The third-order valence-corrected chi connectivity index (χ3v) is 3.16. The maximum absolute atomic E-state index is 13.7. The zero-order valence-electron chi connectivity index (χ0n) is 11.6. The number of nitrogens with one attached hydrogen (secondary N) is 1. The van der Waals surface area contributed by atoms with E-state index >= 15 is 0 Å². The Morgan fingerprint density at radius 1 is 1.40 bits per heavy atom. The van der Waals surface area contributed by atoms with Crippen LogP contribution in [-0.2, 0) is 13.1 Å². The van der Waals surface area contributed by atoms with Crippen molar-refractivity contribution < 1.29 is 4.39 Å². The van der Waals surface area contributed by atoms with Gasteiger partial charge in [0.15, 0.2) is 5.82 Å². The van der Waals surface area contributed by atoms with E-state index in [0.717, 1.165) is 6.54 Å². The number of halogens is 2. The molecule has 0 aliphatic heterocycles. The minimum Gasteiger partial charge on any atom is -0.310 e. The van der Waals surface area contributed by atoms with E-state index < -0.39 is 0 Å². The van der Waals surface area contributed by atoms with Crippen molar-refractivity contribution in [3.8, 4) is 0 Å². The zero-order chi connectivity index (χ0) is 14.5. The summed E-state index contributed by atoms with van der Waals surface area (Å²) in [6.07, 6.45) is 1.59. The van der Waals surface area contributed by atoms with Crippen molar-refractivity contribution >= 4 is 11.6 Å². The summed E-state index contributed by atoms with van der Waals surface area (Å²) in [4.78, 5) is 4.19. The molecule has 0 saturated heterocycles. The molecule has 0 atom stereocenters. The molecule has 2 rings (SSSR count). The van der Waals surface area contributed by atoms with E-state index in [4.69, 9.17) is 11.6 Å². The van der Waals surface area contributed by atoms with Gasteiger partial charge in [0.25, 0.3) is 0 Å². The average molecular weight is 297 g/mol. The largest absolute Gasteiger partial charge is 0.310 e. The summed E-state index contributed by atoms with van der Waals surface area (Å²) >= 11 is 5.99. The van der Waals surface area contributed by atoms with Gasteiger partial charge in [-0.25, -0.2) is 14.1 Å². The van der Waals surface area contributed by atoms with Gasteiger partial charge < -0.3 is 5.32 Å². The molecule has 20 heavy (non-hydrogen) atoms. The van der Waals surface area contributed by atoms with Crippen LogP contribution in [0.15, 0.2) is 24.5 Å². The molecule has 2 aromatic rings. The van der Waals surface area contributed by atoms with Gasteiger partial charge in [-0.3, -0.25) is 0 Å². The highest BCUT2D eigenvalue weighted by atomic mass is 35.5. The van der Waals surface area contributed by atoms with Crippen LogP contribution >= 0.6 is 11.6 Å². The van der Waals surface area contributed by atoms with Crippen molar-refractivity contribution in [1.82, 2.24) is 20.1 Å². The van der Waals surface area contributed by atoms with Gasteiger partial charge >= 0.3 is 0 Å². The third-order valence-electron chi connectivity index (χ3n) is 2.80. The van der Waals surface area contributed by atoms with Crippen LogP contribution in [0.5, 0.6) is 0 Å². The lowest BCUT2D eigenvalue weighted by Gasteiger charge is -2.06. The van der Waals surface area contributed by atoms with Crippen LogP contribution in [0, 0.1) is 11.7 Å². The molecule has 1 aromatic heterocycles. The van der Waals surface area contributed by atoms with Gasteiger partial charge in [-0.15, -0.1) is 0 Å². The number of benzene rings is 1. The molecule has 0 aliphatic rings. The lowest BCUT2D eigenvalue weighted by atomic mass is 10.2. The first-order valence-corrected chi connectivity index (χ1v) is 6.96. The Morgan fingerprint density at radius 3 is 2.90 bits per heavy atom. The Labute approximate surface area is 123 Å². The highest BCUT2D eigenvalue weighted by molar-refractivity contribution is 6.31. The maximum Gasteiger partial charge on any atom is 0.164 e. The van der Waals surface area contributed by atoms with Crippen LogP contribution in [0.4, 0.5) is 4.39 Å². The molecule has 0 unspecified atom stereocenters. The van der Waals surface area contributed by atoms with Crippen molar-refractivity contribution in [1.29, 1.82) is 0 Å². The normalized spacial score (nSPS) is 11.2. The first-order chi connectivity index (χ1) is 9.56. The SMILES string of the molecule is CC(C)CNCc1ncn(Cc2c(F)cccc2Cl)n1. The molecular formula is C14H18ClFN4. The van der Waals surface area contributed by atoms with Crippen LogP contribution in [-0.4, -0.2) is 21.3 Å². The van der Waals surface area contributed by atoms with Crippen molar-refractivity contribution in [3.05, 3.63) is 46.8 Å². The summed E-state index contributed by atoms with van der Waals surface area (Å²) < 4.78 is 15.3. The van der Waals surface area contributed by atoms with E-state index in [1.165, 1.54) is 6.07 Å². The van der Waals surface area contributed by atoms with Crippen LogP contribution in [0.3, 0.4) is 0 Å². The van der Waals surface area contributed by atoms with E-state index in [-0.39, 0.29) is 12.4 Å². The van der Waals surface area contributed by atoms with Crippen molar-refractivity contribution in [2.75, 3.05) is 6.54 Å². The highest BCUT2D eigenvalue weighted by Crippen LogP contribution is 2.19. The summed E-state index contributed by atoms with van der Waals surface area (Å²) in [5.41, 5.74) is 0.431. The van der Waals surface area contributed by atoms with Gasteiger partial charge in [0, 0.05) is 10.6 Å². The summed E-state index contributed by atoms with van der Waals surface area (Å²) in [7, 11) is 0. The molecule has 4 nitrogen and oxygen atoms in total. The fraction of sp³-hybridized carbons (Fsp3) is 0.429. The second-order valence-electron chi connectivity index (χ2n) is 5.08. The fourth-order valence-electron chi connectivity index (χ4n) is 1.81. The van der Waals surface area contributed by atoms with E-state index in [1.807, 2.05) is 0 Å². The maximum atomic E-state index is 13.7. The second kappa shape index (κ2) is 6.81. The average Bonchev–Trinajstić information content (AvgIpc) is 2.81. The molecule has 1 aromatic carbocycles. The third kappa shape index (κ3) is 4.02. The molecule has 0 spiro atoms. The molecule has 108 valence electrons. The molecule has 1 heterocycles. The van der Waals surface area contributed by atoms with Gasteiger partial charge in [-0.2, -0.15) is 5.10 Å². The van der Waals surface area contributed by atoms with Crippen LogP contribution in [0.2, 0.25) is 5.02 Å². The Balaban J connectivity index is 1.99. The van der Waals surface area contributed by atoms with E-state index in [2.05, 4.69) is 29.2 Å². The second-order valence-corrected chi connectivity index (χ2v) is 5.49. The van der Waals surface area contributed by atoms with Crippen molar-refractivity contribution in [2.45, 2.75) is 26.9 Å². The topological polar surface area (TPSA) is 42.7 Å². The molecule has 0 bridgehead atoms. The molecule has 0 fully saturated rings. The lowest BCUT2D eigenvalue weighted by molar-refractivity contribution is 0.538. The van der Waals surface area contributed by atoms with Crippen molar-refractivity contribution in [2.24, 2.45) is 5.92 Å². The first kappa shape index (κ1) is 14.9. The standard InChI is InChI=1S/C14H18ClFN4/c1-10(2)6-17-7-14-18-9-20(19-14)8-11-12(15)4-3-5-13(11)16/h3-5,9-10,17H,6-8H2,1-2H3. The van der Waals surface area contributed by atoms with E-state index in [0.29, 0.717) is 28.9 Å². The fourth-order valence-corrected chi connectivity index (χ4v) is 2.03.